The van der Waals surface area contributed by atoms with E-state index in [4.69, 9.17) is 39.5 Å². The summed E-state index contributed by atoms with van der Waals surface area (Å²) in [5.41, 5.74) is 0.539. The predicted octanol–water partition coefficient (Wildman–Crippen LogP) is 3.66. The van der Waals surface area contributed by atoms with Gasteiger partial charge in [-0.2, -0.15) is 0 Å². The first-order valence-electron chi connectivity index (χ1n) is 7.92. The fraction of sp³-hybridized carbons (Fsp3) is 0.118. The van der Waals surface area contributed by atoms with Crippen molar-refractivity contribution in [1.29, 1.82) is 0 Å². The number of hydrogen-bond donors (Lipinski definition) is 1. The Kier molecular flexibility index (Phi) is 6.04. The molecule has 0 radical (unpaired) electrons. The molecule has 2 aromatic carbocycles. The minimum atomic E-state index is -4.25. The summed E-state index contributed by atoms with van der Waals surface area (Å²) in [5, 5.41) is 8.13. The summed E-state index contributed by atoms with van der Waals surface area (Å²) < 4.78 is 33.4. The number of rotatable bonds is 5. The first-order valence-corrected chi connectivity index (χ1v) is 10.5. The number of sulfonamides is 1. The molecule has 12 heteroatoms. The van der Waals surface area contributed by atoms with Gasteiger partial charge in [0.15, 0.2) is 5.69 Å². The molecule has 0 bridgehead atoms. The number of hydrogen-bond acceptors (Lipinski definition) is 6. The standard InChI is InChI=1S/C17H13Cl3N4O4S/c1-9-16(21-23-24(9)14-5-4-11(28-2)8-12(14)19)17(25)22-29(26,27)15-6-3-10(18)7-13(15)20/h3-8H,1-2H3,(H,22,25). The molecule has 0 aliphatic heterocycles. The summed E-state index contributed by atoms with van der Waals surface area (Å²) in [4.78, 5) is 12.2. The van der Waals surface area contributed by atoms with Gasteiger partial charge in [-0.3, -0.25) is 4.79 Å². The molecule has 0 aliphatic rings. The lowest BCUT2D eigenvalue weighted by Crippen LogP contribution is -2.31. The molecule has 1 aromatic heterocycles. The van der Waals surface area contributed by atoms with Crippen LogP contribution in [0.2, 0.25) is 15.1 Å². The van der Waals surface area contributed by atoms with Gasteiger partial charge in [-0.1, -0.05) is 40.0 Å². The monoisotopic (exact) mass is 474 g/mol. The number of amides is 1. The molecule has 8 nitrogen and oxygen atoms in total. The van der Waals surface area contributed by atoms with Crippen LogP contribution in [0.1, 0.15) is 16.2 Å². The molecule has 0 spiro atoms. The second-order valence-electron chi connectivity index (χ2n) is 5.76. The number of carbonyl (C=O) groups excluding carboxylic acids is 1. The van der Waals surface area contributed by atoms with Crippen molar-refractivity contribution in [1.82, 2.24) is 19.7 Å². The molecule has 1 amide bonds. The molecule has 0 aliphatic carbocycles. The number of methoxy groups -OCH3 is 1. The molecular formula is C17H13Cl3N4O4S. The van der Waals surface area contributed by atoms with Crippen LogP contribution in [0.4, 0.5) is 0 Å². The van der Waals surface area contributed by atoms with Gasteiger partial charge in [-0.15, -0.1) is 5.10 Å². The zero-order valence-corrected chi connectivity index (χ0v) is 18.1. The van der Waals surface area contributed by atoms with Gasteiger partial charge in [0.25, 0.3) is 15.9 Å². The molecule has 152 valence electrons. The van der Waals surface area contributed by atoms with Crippen molar-refractivity contribution in [2.45, 2.75) is 11.8 Å². The highest BCUT2D eigenvalue weighted by molar-refractivity contribution is 7.90. The minimum Gasteiger partial charge on any atom is -0.497 e. The van der Waals surface area contributed by atoms with Crippen LogP contribution < -0.4 is 9.46 Å². The van der Waals surface area contributed by atoms with Gasteiger partial charge < -0.3 is 4.74 Å². The largest absolute Gasteiger partial charge is 0.497 e. The van der Waals surface area contributed by atoms with Gasteiger partial charge in [0, 0.05) is 11.1 Å². The average molecular weight is 476 g/mol. The van der Waals surface area contributed by atoms with E-state index in [2.05, 4.69) is 10.3 Å². The number of ether oxygens (including phenoxy) is 1. The highest BCUT2D eigenvalue weighted by Crippen LogP contribution is 2.27. The molecule has 29 heavy (non-hydrogen) atoms. The lowest BCUT2D eigenvalue weighted by Gasteiger charge is -2.09. The molecule has 0 saturated heterocycles. The Bertz CT molecular complexity index is 1210. The first kappa shape index (κ1) is 21.4. The van der Waals surface area contributed by atoms with E-state index in [-0.39, 0.29) is 26.3 Å². The Hall–Kier alpha value is -2.33. The Balaban J connectivity index is 1.91. The third-order valence-electron chi connectivity index (χ3n) is 3.90. The molecule has 0 saturated carbocycles. The fourth-order valence-electron chi connectivity index (χ4n) is 2.47. The summed E-state index contributed by atoms with van der Waals surface area (Å²) in [6.45, 7) is 1.55. The van der Waals surface area contributed by atoms with Crippen LogP contribution in [0.3, 0.4) is 0 Å². The topological polar surface area (TPSA) is 103 Å². The van der Waals surface area contributed by atoms with E-state index in [0.717, 1.165) is 0 Å². The van der Waals surface area contributed by atoms with Crippen LogP contribution in [-0.2, 0) is 10.0 Å². The quantitative estimate of drug-likeness (QED) is 0.604. The number of nitrogens with zero attached hydrogens (tertiary/aromatic N) is 3. The van der Waals surface area contributed by atoms with Crippen LogP contribution in [0.25, 0.3) is 5.69 Å². The zero-order chi connectivity index (χ0) is 21.3. The maximum absolute atomic E-state index is 12.5. The average Bonchev–Trinajstić information content (AvgIpc) is 3.02. The van der Waals surface area contributed by atoms with Gasteiger partial charge in [0.2, 0.25) is 0 Å². The highest BCUT2D eigenvalue weighted by Gasteiger charge is 2.26. The third-order valence-corrected chi connectivity index (χ3v) is 6.25. The Labute approximate surface area is 181 Å². The maximum atomic E-state index is 12.5. The van der Waals surface area contributed by atoms with Crippen molar-refractivity contribution in [2.75, 3.05) is 7.11 Å². The van der Waals surface area contributed by atoms with E-state index in [1.165, 1.54) is 30.0 Å². The van der Waals surface area contributed by atoms with Crippen molar-refractivity contribution in [2.24, 2.45) is 0 Å². The lowest BCUT2D eigenvalue weighted by molar-refractivity contribution is 0.0976. The summed E-state index contributed by atoms with van der Waals surface area (Å²) in [5.74, 6) is -0.426. The molecule has 0 atom stereocenters. The van der Waals surface area contributed by atoms with Crippen LogP contribution in [0.5, 0.6) is 5.75 Å². The maximum Gasteiger partial charge on any atom is 0.287 e. The van der Waals surface area contributed by atoms with Crippen molar-refractivity contribution in [3.8, 4) is 11.4 Å². The molecule has 1 N–H and O–H groups in total. The molecular weight excluding hydrogens is 463 g/mol. The number of halogens is 3. The van der Waals surface area contributed by atoms with E-state index >= 15 is 0 Å². The number of nitrogens with one attached hydrogen (secondary N) is 1. The van der Waals surface area contributed by atoms with Crippen molar-refractivity contribution >= 4 is 50.7 Å². The van der Waals surface area contributed by atoms with E-state index in [1.54, 1.807) is 25.1 Å². The van der Waals surface area contributed by atoms with Crippen LogP contribution in [0, 0.1) is 6.92 Å². The summed E-state index contributed by atoms with van der Waals surface area (Å²) in [6, 6.07) is 8.67. The SMILES string of the molecule is COc1ccc(-n2nnc(C(=O)NS(=O)(=O)c3ccc(Cl)cc3Cl)c2C)c(Cl)c1. The van der Waals surface area contributed by atoms with E-state index < -0.39 is 15.9 Å². The van der Waals surface area contributed by atoms with Gasteiger partial charge in [0.1, 0.15) is 10.6 Å². The minimum absolute atomic E-state index is 0.122. The van der Waals surface area contributed by atoms with Gasteiger partial charge in [-0.05, 0) is 37.3 Å². The second-order valence-corrected chi connectivity index (χ2v) is 8.66. The molecule has 0 unspecified atom stereocenters. The van der Waals surface area contributed by atoms with Gasteiger partial charge in [-0.25, -0.2) is 17.8 Å². The van der Waals surface area contributed by atoms with Gasteiger partial charge in [0.05, 0.1) is 28.5 Å². The molecule has 3 aromatic rings. The van der Waals surface area contributed by atoms with Gasteiger partial charge >= 0.3 is 0 Å². The zero-order valence-electron chi connectivity index (χ0n) is 15.0. The van der Waals surface area contributed by atoms with E-state index in [9.17, 15) is 13.2 Å². The molecule has 1 heterocycles. The van der Waals surface area contributed by atoms with Crippen molar-refractivity contribution in [3.05, 3.63) is 62.9 Å². The molecule has 0 fully saturated rings. The van der Waals surface area contributed by atoms with Crippen LogP contribution >= 0.6 is 34.8 Å². The normalized spacial score (nSPS) is 11.3. The lowest BCUT2D eigenvalue weighted by atomic mass is 10.2. The van der Waals surface area contributed by atoms with Crippen LogP contribution in [-0.4, -0.2) is 36.4 Å². The Morgan fingerprint density at radius 1 is 1.10 bits per heavy atom. The summed E-state index contributed by atoms with van der Waals surface area (Å²) in [6.07, 6.45) is 0. The summed E-state index contributed by atoms with van der Waals surface area (Å²) >= 11 is 17.9. The highest BCUT2D eigenvalue weighted by atomic mass is 35.5. The fourth-order valence-corrected chi connectivity index (χ4v) is 4.45. The first-order chi connectivity index (χ1) is 13.6. The van der Waals surface area contributed by atoms with E-state index in [1.807, 2.05) is 4.72 Å². The second kappa shape index (κ2) is 8.19. The Morgan fingerprint density at radius 3 is 2.45 bits per heavy atom. The smallest absolute Gasteiger partial charge is 0.287 e. The van der Waals surface area contributed by atoms with Crippen molar-refractivity contribution in [3.63, 3.8) is 0 Å². The van der Waals surface area contributed by atoms with Crippen molar-refractivity contribution < 1.29 is 17.9 Å². The summed E-state index contributed by atoms with van der Waals surface area (Å²) in [7, 11) is -2.75. The number of carbonyl (C=O) groups is 1. The Morgan fingerprint density at radius 2 is 1.83 bits per heavy atom. The number of aromatic nitrogens is 3. The van der Waals surface area contributed by atoms with Crippen LogP contribution in [0.15, 0.2) is 41.3 Å². The predicted molar refractivity (Wildman–Crippen MR) is 109 cm³/mol. The number of benzene rings is 2. The van der Waals surface area contributed by atoms with E-state index in [0.29, 0.717) is 16.5 Å². The third kappa shape index (κ3) is 4.32. The molecule has 3 rings (SSSR count).